The molecule has 3 amide bonds. The molecule has 3 unspecified atom stereocenters. The number of hydrogen-bond acceptors (Lipinski definition) is 5. The van der Waals surface area contributed by atoms with Crippen LogP contribution in [0.15, 0.2) is 43.0 Å². The minimum absolute atomic E-state index is 0.0402. The van der Waals surface area contributed by atoms with E-state index in [0.29, 0.717) is 12.8 Å². The minimum Gasteiger partial charge on any atom is -0.352 e. The van der Waals surface area contributed by atoms with Gasteiger partial charge < -0.3 is 16.0 Å². The second-order valence-corrected chi connectivity index (χ2v) is 6.92. The largest absolute Gasteiger partial charge is 0.352 e. The highest BCUT2D eigenvalue weighted by Crippen LogP contribution is 2.20. The Hall–Kier alpha value is -3.29. The molecule has 1 fully saturated rings. The zero-order valence-electron chi connectivity index (χ0n) is 15.8. The van der Waals surface area contributed by atoms with E-state index in [2.05, 4.69) is 25.9 Å². The fraction of sp³-hybridized carbons (Fsp3) is 0.350. The van der Waals surface area contributed by atoms with Crippen LogP contribution in [0.4, 0.5) is 0 Å². The maximum atomic E-state index is 12.2. The molecule has 3 atom stereocenters. The van der Waals surface area contributed by atoms with Gasteiger partial charge in [-0.25, -0.2) is 9.97 Å². The molecular weight excluding hydrogens is 358 g/mol. The quantitative estimate of drug-likeness (QED) is 0.687. The van der Waals surface area contributed by atoms with E-state index in [-0.39, 0.29) is 24.0 Å². The van der Waals surface area contributed by atoms with E-state index >= 15 is 0 Å². The normalized spacial score (nSPS) is 20.0. The number of carbonyl (C=O) groups is 3. The summed E-state index contributed by atoms with van der Waals surface area (Å²) < 4.78 is 0. The fourth-order valence-corrected chi connectivity index (χ4v) is 3.15. The van der Waals surface area contributed by atoms with Crippen LogP contribution in [0, 0.1) is 0 Å². The third-order valence-corrected chi connectivity index (χ3v) is 4.85. The maximum Gasteiger partial charge on any atom is 0.309 e. The SMILES string of the molecule is CC(NC(=O)C(=O)NC1CCC(=O)NC1C)c1ccc(-c2cncnc2)cc1. The molecule has 2 aromatic rings. The summed E-state index contributed by atoms with van der Waals surface area (Å²) in [7, 11) is 0. The molecule has 8 heteroatoms. The highest BCUT2D eigenvalue weighted by molar-refractivity contribution is 6.35. The number of aromatic nitrogens is 2. The average molecular weight is 381 g/mol. The summed E-state index contributed by atoms with van der Waals surface area (Å²) in [4.78, 5) is 43.8. The second kappa shape index (κ2) is 8.60. The van der Waals surface area contributed by atoms with Crippen molar-refractivity contribution in [2.75, 3.05) is 0 Å². The number of nitrogens with zero attached hydrogens (tertiary/aromatic N) is 2. The summed E-state index contributed by atoms with van der Waals surface area (Å²) in [6, 6.07) is 6.84. The topological polar surface area (TPSA) is 113 Å². The third kappa shape index (κ3) is 4.70. The van der Waals surface area contributed by atoms with Gasteiger partial charge in [0.1, 0.15) is 6.33 Å². The molecule has 3 rings (SSSR count). The van der Waals surface area contributed by atoms with E-state index in [1.54, 1.807) is 12.4 Å². The smallest absolute Gasteiger partial charge is 0.309 e. The molecule has 28 heavy (non-hydrogen) atoms. The Balaban J connectivity index is 1.56. The lowest BCUT2D eigenvalue weighted by molar-refractivity contribution is -0.140. The lowest BCUT2D eigenvalue weighted by Gasteiger charge is -2.30. The molecule has 1 aliphatic heterocycles. The molecule has 1 saturated heterocycles. The summed E-state index contributed by atoms with van der Waals surface area (Å²) >= 11 is 0. The Morgan fingerprint density at radius 2 is 1.79 bits per heavy atom. The lowest BCUT2D eigenvalue weighted by Crippen LogP contribution is -2.56. The molecule has 0 aliphatic carbocycles. The van der Waals surface area contributed by atoms with Crippen LogP contribution >= 0.6 is 0 Å². The minimum atomic E-state index is -0.697. The van der Waals surface area contributed by atoms with Gasteiger partial charge in [-0.05, 0) is 31.4 Å². The van der Waals surface area contributed by atoms with Gasteiger partial charge in [-0.1, -0.05) is 24.3 Å². The molecule has 3 N–H and O–H groups in total. The molecule has 8 nitrogen and oxygen atoms in total. The van der Waals surface area contributed by atoms with Crippen molar-refractivity contribution in [1.82, 2.24) is 25.9 Å². The van der Waals surface area contributed by atoms with Crippen molar-refractivity contribution in [2.45, 2.75) is 44.8 Å². The van der Waals surface area contributed by atoms with Gasteiger partial charge in [-0.2, -0.15) is 0 Å². The van der Waals surface area contributed by atoms with Gasteiger partial charge in [-0.15, -0.1) is 0 Å². The fourth-order valence-electron chi connectivity index (χ4n) is 3.15. The first-order valence-electron chi connectivity index (χ1n) is 9.20. The van der Waals surface area contributed by atoms with Crippen molar-refractivity contribution in [3.05, 3.63) is 48.5 Å². The standard InChI is InChI=1S/C20H23N5O3/c1-12(14-3-5-15(6-4-14)16-9-21-11-22-10-16)24-19(27)20(28)25-17-7-8-18(26)23-13(17)2/h3-6,9-13,17H,7-8H2,1-2H3,(H,23,26)(H,24,27)(H,25,28). The summed E-state index contributed by atoms with van der Waals surface area (Å²) in [5.74, 6) is -1.43. The number of carbonyl (C=O) groups excluding carboxylic acids is 3. The van der Waals surface area contributed by atoms with Gasteiger partial charge in [0.15, 0.2) is 0 Å². The molecular formula is C20H23N5O3. The summed E-state index contributed by atoms with van der Waals surface area (Å²) in [5.41, 5.74) is 2.74. The number of amides is 3. The molecule has 1 aromatic carbocycles. The Bertz CT molecular complexity index is 854. The number of piperidine rings is 1. The Morgan fingerprint density at radius 3 is 2.43 bits per heavy atom. The van der Waals surface area contributed by atoms with E-state index in [9.17, 15) is 14.4 Å². The van der Waals surface area contributed by atoms with E-state index in [0.717, 1.165) is 16.7 Å². The van der Waals surface area contributed by atoms with Crippen molar-refractivity contribution in [3.8, 4) is 11.1 Å². The average Bonchev–Trinajstić information content (AvgIpc) is 2.70. The molecule has 0 spiro atoms. The monoisotopic (exact) mass is 381 g/mol. The van der Waals surface area contributed by atoms with Crippen LogP contribution in [-0.2, 0) is 14.4 Å². The molecule has 2 heterocycles. The van der Waals surface area contributed by atoms with E-state index < -0.39 is 11.8 Å². The Labute approximate surface area is 163 Å². The van der Waals surface area contributed by atoms with Crippen LogP contribution in [0.1, 0.15) is 38.3 Å². The molecule has 1 aromatic heterocycles. The Kier molecular flexibility index (Phi) is 5.98. The zero-order valence-corrected chi connectivity index (χ0v) is 15.8. The zero-order chi connectivity index (χ0) is 20.1. The number of benzene rings is 1. The van der Waals surface area contributed by atoms with Crippen LogP contribution in [0.5, 0.6) is 0 Å². The first-order valence-corrected chi connectivity index (χ1v) is 9.20. The number of rotatable bonds is 4. The van der Waals surface area contributed by atoms with E-state index in [1.807, 2.05) is 38.1 Å². The summed E-state index contributed by atoms with van der Waals surface area (Å²) in [6.07, 6.45) is 5.79. The molecule has 0 radical (unpaired) electrons. The van der Waals surface area contributed by atoms with Gasteiger partial charge in [-0.3, -0.25) is 14.4 Å². The highest BCUT2D eigenvalue weighted by Gasteiger charge is 2.28. The van der Waals surface area contributed by atoms with Gasteiger partial charge >= 0.3 is 11.8 Å². The van der Waals surface area contributed by atoms with E-state index in [1.165, 1.54) is 6.33 Å². The molecule has 146 valence electrons. The van der Waals surface area contributed by atoms with Crippen LogP contribution < -0.4 is 16.0 Å². The van der Waals surface area contributed by atoms with Crippen molar-refractivity contribution in [3.63, 3.8) is 0 Å². The number of nitrogens with one attached hydrogen (secondary N) is 3. The highest BCUT2D eigenvalue weighted by atomic mass is 16.2. The second-order valence-electron chi connectivity index (χ2n) is 6.92. The van der Waals surface area contributed by atoms with Gasteiger partial charge in [0.25, 0.3) is 0 Å². The first-order chi connectivity index (χ1) is 13.4. The van der Waals surface area contributed by atoms with Crippen molar-refractivity contribution in [1.29, 1.82) is 0 Å². The predicted molar refractivity (Wildman–Crippen MR) is 103 cm³/mol. The van der Waals surface area contributed by atoms with Crippen molar-refractivity contribution in [2.24, 2.45) is 0 Å². The molecule has 1 aliphatic rings. The van der Waals surface area contributed by atoms with Crippen LogP contribution in [0.25, 0.3) is 11.1 Å². The first kappa shape index (κ1) is 19.5. The van der Waals surface area contributed by atoms with Gasteiger partial charge in [0.05, 0.1) is 6.04 Å². The molecule has 0 bridgehead atoms. The third-order valence-electron chi connectivity index (χ3n) is 4.85. The number of hydrogen-bond donors (Lipinski definition) is 3. The Morgan fingerprint density at radius 1 is 1.11 bits per heavy atom. The lowest BCUT2D eigenvalue weighted by atomic mass is 9.99. The van der Waals surface area contributed by atoms with Crippen LogP contribution in [0.3, 0.4) is 0 Å². The van der Waals surface area contributed by atoms with Gasteiger partial charge in [0, 0.05) is 36.5 Å². The predicted octanol–water partition coefficient (Wildman–Crippen LogP) is 1.10. The summed E-state index contributed by atoms with van der Waals surface area (Å²) in [6.45, 7) is 3.62. The molecule has 0 saturated carbocycles. The van der Waals surface area contributed by atoms with Crippen molar-refractivity contribution < 1.29 is 14.4 Å². The van der Waals surface area contributed by atoms with Crippen LogP contribution in [0.2, 0.25) is 0 Å². The van der Waals surface area contributed by atoms with Crippen LogP contribution in [-0.4, -0.2) is 39.8 Å². The van der Waals surface area contributed by atoms with Gasteiger partial charge in [0.2, 0.25) is 5.91 Å². The van der Waals surface area contributed by atoms with E-state index in [4.69, 9.17) is 0 Å². The summed E-state index contributed by atoms with van der Waals surface area (Å²) in [5, 5.41) is 8.17. The van der Waals surface area contributed by atoms with Crippen molar-refractivity contribution >= 4 is 17.7 Å². The maximum absolute atomic E-state index is 12.2.